The zero-order valence-corrected chi connectivity index (χ0v) is 20.9. The number of nitrogens with zero attached hydrogens (tertiary/aromatic N) is 1. The van der Waals surface area contributed by atoms with Gasteiger partial charge in [-0.25, -0.2) is 0 Å². The third-order valence-electron chi connectivity index (χ3n) is 6.19. The molecule has 1 nitrogen and oxygen atoms in total. The number of benzene rings is 6. The van der Waals surface area contributed by atoms with Gasteiger partial charge in [-0.2, -0.15) is 0 Å². The molecule has 0 aliphatic carbocycles. The Morgan fingerprint density at radius 3 is 1.67 bits per heavy atom. The molecular weight excluding hydrogens is 502 g/mol. The smallest absolute Gasteiger partial charge is 0.0629 e. The molecule has 172 valence electrons. The van der Waals surface area contributed by atoms with Gasteiger partial charge >= 0.3 is 0 Å². The van der Waals surface area contributed by atoms with E-state index in [1.807, 2.05) is 48.5 Å². The topological polar surface area (TPSA) is 3.24 Å². The molecule has 0 unspecified atom stereocenters. The predicted octanol–water partition coefficient (Wildman–Crippen LogP) is 10.4. The van der Waals surface area contributed by atoms with Crippen molar-refractivity contribution in [1.82, 2.24) is 0 Å². The van der Waals surface area contributed by atoms with Gasteiger partial charge in [0.15, 0.2) is 0 Å². The van der Waals surface area contributed by atoms with Crippen molar-refractivity contribution in [3.8, 4) is 22.3 Å². The van der Waals surface area contributed by atoms with Crippen LogP contribution in [0.4, 0.5) is 17.1 Å². The Balaban J connectivity index is 1.46. The molecule has 0 fully saturated rings. The summed E-state index contributed by atoms with van der Waals surface area (Å²) in [6.45, 7) is 0. The highest BCUT2D eigenvalue weighted by Crippen LogP contribution is 2.38. The van der Waals surface area contributed by atoms with Crippen LogP contribution >= 0.6 is 15.9 Å². The molecule has 0 bridgehead atoms. The highest BCUT2D eigenvalue weighted by Gasteiger charge is 2.14. The molecule has 0 spiro atoms. The normalized spacial score (nSPS) is 12.9. The summed E-state index contributed by atoms with van der Waals surface area (Å²) in [6.07, 6.45) is 0. The van der Waals surface area contributed by atoms with E-state index in [-0.39, 0.29) is 29.7 Å². The average Bonchev–Trinajstić information content (AvgIpc) is 3.01. The van der Waals surface area contributed by atoms with Crippen LogP contribution in [0.3, 0.4) is 0 Å². The molecule has 0 saturated carbocycles. The lowest BCUT2D eigenvalue weighted by Gasteiger charge is -2.26. The third kappa shape index (κ3) is 4.56. The van der Waals surface area contributed by atoms with Gasteiger partial charge < -0.3 is 4.90 Å². The Kier molecular flexibility index (Phi) is 4.74. The van der Waals surface area contributed by atoms with Gasteiger partial charge in [0, 0.05) is 21.5 Å². The molecule has 0 aromatic heterocycles. The quantitative estimate of drug-likeness (QED) is 0.214. The highest BCUT2D eigenvalue weighted by molar-refractivity contribution is 9.10. The van der Waals surface area contributed by atoms with E-state index in [2.05, 4.69) is 87.6 Å². The van der Waals surface area contributed by atoms with Crippen molar-refractivity contribution < 1.29 is 6.85 Å². The number of rotatable bonds is 5. The van der Waals surface area contributed by atoms with Gasteiger partial charge in [-0.05, 0) is 81.6 Å². The summed E-state index contributed by atoms with van der Waals surface area (Å²) in [4.78, 5) is 2.15. The Labute approximate surface area is 227 Å². The van der Waals surface area contributed by atoms with E-state index in [9.17, 15) is 0 Å². The number of anilines is 3. The van der Waals surface area contributed by atoms with E-state index in [0.29, 0.717) is 5.56 Å². The van der Waals surface area contributed by atoms with Crippen molar-refractivity contribution in [2.24, 2.45) is 0 Å². The molecule has 0 atom stereocenters. The van der Waals surface area contributed by atoms with E-state index in [4.69, 9.17) is 6.85 Å². The molecule has 6 rings (SSSR count). The fourth-order valence-corrected chi connectivity index (χ4v) is 4.77. The number of fused-ring (bicyclic) bond motifs is 1. The average molecular weight is 532 g/mol. The van der Waals surface area contributed by atoms with E-state index < -0.39 is 6.04 Å². The van der Waals surface area contributed by atoms with Gasteiger partial charge in [-0.3, -0.25) is 0 Å². The number of hydrogen-bond acceptors (Lipinski definition) is 1. The standard InChI is InChI=1S/C34H24BrN/c35-31-17-11-30-24-34(22-16-29(30)23-31)36(32-18-12-27(13-19-32)25-7-3-1-4-8-25)33-20-14-28(15-21-33)26-9-5-2-6-10-26/h1-24H/i1D,3D,4D,7D,8D. The largest absolute Gasteiger partial charge is 0.310 e. The van der Waals surface area contributed by atoms with Gasteiger partial charge in [0.05, 0.1) is 6.85 Å². The Hall–Kier alpha value is -4.14. The molecule has 0 radical (unpaired) electrons. The summed E-state index contributed by atoms with van der Waals surface area (Å²) in [7, 11) is 0. The Bertz CT molecular complexity index is 1860. The molecule has 0 saturated heterocycles. The summed E-state index contributed by atoms with van der Waals surface area (Å²) in [5.41, 5.74) is 5.84. The first-order valence-electron chi connectivity index (χ1n) is 14.1. The van der Waals surface area contributed by atoms with Crippen LogP contribution in [-0.2, 0) is 0 Å². The van der Waals surface area contributed by atoms with Crippen molar-refractivity contribution in [3.63, 3.8) is 0 Å². The lowest BCUT2D eigenvalue weighted by Crippen LogP contribution is -2.09. The molecule has 0 aliphatic rings. The summed E-state index contributed by atoms with van der Waals surface area (Å²) in [5, 5.41) is 2.23. The minimum atomic E-state index is -0.395. The van der Waals surface area contributed by atoms with Gasteiger partial charge in [-0.1, -0.05) is 113 Å². The van der Waals surface area contributed by atoms with Crippen LogP contribution in [0.15, 0.2) is 150 Å². The van der Waals surface area contributed by atoms with Crippen molar-refractivity contribution >= 4 is 43.8 Å². The maximum Gasteiger partial charge on any atom is 0.0629 e. The van der Waals surface area contributed by atoms with Gasteiger partial charge in [0.1, 0.15) is 0 Å². The zero-order chi connectivity index (χ0) is 28.7. The molecule has 0 N–H and O–H groups in total. The van der Waals surface area contributed by atoms with E-state index >= 15 is 0 Å². The number of halogens is 1. The van der Waals surface area contributed by atoms with Crippen LogP contribution in [0, 0.1) is 0 Å². The predicted molar refractivity (Wildman–Crippen MR) is 157 cm³/mol. The first-order valence-corrected chi connectivity index (χ1v) is 12.4. The molecule has 0 aliphatic heterocycles. The van der Waals surface area contributed by atoms with Crippen LogP contribution in [0.5, 0.6) is 0 Å². The SMILES string of the molecule is [2H]c1c([2H])c([2H])c(-c2ccc(N(c3ccc(-c4ccccc4)cc3)c3ccc4cc(Br)ccc4c3)cc2)c([2H])c1[2H]. The fraction of sp³-hybridized carbons (Fsp3) is 0. The van der Waals surface area contributed by atoms with Crippen LogP contribution in [-0.4, -0.2) is 0 Å². The van der Waals surface area contributed by atoms with Gasteiger partial charge in [0.2, 0.25) is 0 Å². The highest BCUT2D eigenvalue weighted by atomic mass is 79.9. The Morgan fingerprint density at radius 2 is 1.00 bits per heavy atom. The second-order valence-electron chi connectivity index (χ2n) is 8.47. The second-order valence-corrected chi connectivity index (χ2v) is 9.39. The summed E-state index contributed by atoms with van der Waals surface area (Å²) >= 11 is 3.56. The van der Waals surface area contributed by atoms with Crippen LogP contribution in [0.2, 0.25) is 0 Å². The van der Waals surface area contributed by atoms with Crippen LogP contribution in [0.1, 0.15) is 6.85 Å². The Morgan fingerprint density at radius 1 is 0.472 bits per heavy atom. The van der Waals surface area contributed by atoms with Crippen molar-refractivity contribution in [1.29, 1.82) is 0 Å². The van der Waals surface area contributed by atoms with Gasteiger partial charge in [-0.15, -0.1) is 0 Å². The molecule has 36 heavy (non-hydrogen) atoms. The van der Waals surface area contributed by atoms with E-state index in [0.717, 1.165) is 43.4 Å². The van der Waals surface area contributed by atoms with E-state index in [1.54, 1.807) is 0 Å². The summed E-state index contributed by atoms with van der Waals surface area (Å²) in [6, 6.07) is 37.2. The number of hydrogen-bond donors (Lipinski definition) is 0. The molecule has 2 heteroatoms. The zero-order valence-electron chi connectivity index (χ0n) is 24.3. The minimum absolute atomic E-state index is 0.192. The molecule has 0 amide bonds. The molecule has 6 aromatic rings. The first-order chi connectivity index (χ1) is 19.8. The fourth-order valence-electron chi connectivity index (χ4n) is 4.40. The van der Waals surface area contributed by atoms with Crippen LogP contribution in [0.25, 0.3) is 33.0 Å². The lowest BCUT2D eigenvalue weighted by molar-refractivity contribution is 1.29. The van der Waals surface area contributed by atoms with Crippen molar-refractivity contribution in [2.45, 2.75) is 0 Å². The summed E-state index contributed by atoms with van der Waals surface area (Å²) < 4.78 is 41.8. The van der Waals surface area contributed by atoms with Crippen LogP contribution < -0.4 is 4.90 Å². The van der Waals surface area contributed by atoms with Gasteiger partial charge in [0.25, 0.3) is 0 Å². The van der Waals surface area contributed by atoms with E-state index in [1.165, 1.54) is 0 Å². The third-order valence-corrected chi connectivity index (χ3v) is 6.68. The first kappa shape index (κ1) is 17.3. The maximum atomic E-state index is 8.38. The lowest BCUT2D eigenvalue weighted by atomic mass is 10.0. The second kappa shape index (κ2) is 9.85. The summed E-state index contributed by atoms with van der Waals surface area (Å²) in [5.74, 6) is 0. The molecule has 0 heterocycles. The maximum absolute atomic E-state index is 8.38. The molecular formula is C34H24BrN. The monoisotopic (exact) mass is 530 g/mol. The van der Waals surface area contributed by atoms with Crippen molar-refractivity contribution in [3.05, 3.63) is 150 Å². The minimum Gasteiger partial charge on any atom is -0.310 e. The van der Waals surface area contributed by atoms with Crippen molar-refractivity contribution in [2.75, 3.05) is 4.90 Å². The molecule has 6 aromatic carbocycles.